The maximum atomic E-state index is 13.1. The van der Waals surface area contributed by atoms with Crippen molar-refractivity contribution in [1.82, 2.24) is 5.32 Å². The van der Waals surface area contributed by atoms with E-state index in [9.17, 15) is 14.4 Å². The third-order valence-corrected chi connectivity index (χ3v) is 5.00. The van der Waals surface area contributed by atoms with Crippen LogP contribution >= 0.6 is 0 Å². The van der Waals surface area contributed by atoms with Gasteiger partial charge in [-0.1, -0.05) is 36.4 Å². The Morgan fingerprint density at radius 1 is 0.794 bits per heavy atom. The Morgan fingerprint density at radius 2 is 1.47 bits per heavy atom. The Hall–Kier alpha value is -4.59. The van der Waals surface area contributed by atoms with Crippen molar-refractivity contribution in [3.05, 3.63) is 90.0 Å². The molecule has 0 bridgehead atoms. The lowest BCUT2D eigenvalue weighted by atomic mass is 10.1. The minimum atomic E-state index is -0.820. The molecule has 3 aromatic rings. The van der Waals surface area contributed by atoms with E-state index >= 15 is 0 Å². The number of para-hydroxylation sites is 2. The van der Waals surface area contributed by atoms with E-state index in [4.69, 9.17) is 14.2 Å². The second kappa shape index (κ2) is 10.4. The number of nitrogens with zero attached hydrogens (tertiary/aromatic N) is 1. The van der Waals surface area contributed by atoms with Crippen LogP contribution in [0.1, 0.15) is 5.56 Å². The fourth-order valence-corrected chi connectivity index (χ4v) is 3.34. The molecule has 3 aromatic carbocycles. The number of hydrogen-bond acceptors (Lipinski definition) is 6. The standard InChI is InChI=1S/C26H22N2O6/c1-32-20-13-11-19(12-14-20)28-25(30)22(24(29)27-26(28)31)17-18-7-5-6-10-23(18)34-16-15-33-21-8-3-2-4-9-21/h2-14,17H,15-16H2,1H3,(H,27,29,31). The molecular formula is C26H22N2O6. The smallest absolute Gasteiger partial charge is 0.335 e. The molecule has 0 atom stereocenters. The molecule has 1 N–H and O–H groups in total. The van der Waals surface area contributed by atoms with E-state index in [1.807, 2.05) is 30.3 Å². The average Bonchev–Trinajstić information content (AvgIpc) is 2.86. The number of benzene rings is 3. The number of nitrogens with one attached hydrogen (secondary N) is 1. The molecule has 1 saturated heterocycles. The van der Waals surface area contributed by atoms with Crippen molar-refractivity contribution >= 4 is 29.6 Å². The first-order chi connectivity index (χ1) is 16.6. The second-order valence-corrected chi connectivity index (χ2v) is 7.20. The average molecular weight is 458 g/mol. The van der Waals surface area contributed by atoms with Gasteiger partial charge in [-0.2, -0.15) is 0 Å². The summed E-state index contributed by atoms with van der Waals surface area (Å²) in [5, 5.41) is 2.21. The lowest BCUT2D eigenvalue weighted by Crippen LogP contribution is -2.54. The summed E-state index contributed by atoms with van der Waals surface area (Å²) >= 11 is 0. The Bertz CT molecular complexity index is 1220. The number of imide groups is 2. The van der Waals surface area contributed by atoms with Crippen molar-refractivity contribution in [2.45, 2.75) is 0 Å². The topological polar surface area (TPSA) is 94.2 Å². The molecule has 4 amide bonds. The summed E-state index contributed by atoms with van der Waals surface area (Å²) in [6, 6.07) is 21.9. The van der Waals surface area contributed by atoms with E-state index in [0.717, 1.165) is 10.6 Å². The van der Waals surface area contributed by atoms with E-state index in [1.165, 1.54) is 13.2 Å². The molecular weight excluding hydrogens is 436 g/mol. The van der Waals surface area contributed by atoms with E-state index < -0.39 is 17.8 Å². The number of amides is 4. The number of urea groups is 1. The monoisotopic (exact) mass is 458 g/mol. The molecule has 1 heterocycles. The Labute approximate surface area is 196 Å². The number of hydrogen-bond donors (Lipinski definition) is 1. The van der Waals surface area contributed by atoms with Crippen LogP contribution in [0.3, 0.4) is 0 Å². The van der Waals surface area contributed by atoms with Crippen LogP contribution in [-0.2, 0) is 9.59 Å². The second-order valence-electron chi connectivity index (χ2n) is 7.20. The lowest BCUT2D eigenvalue weighted by Gasteiger charge is -2.26. The molecule has 34 heavy (non-hydrogen) atoms. The quantitative estimate of drug-likeness (QED) is 0.313. The molecule has 172 valence electrons. The largest absolute Gasteiger partial charge is 0.497 e. The van der Waals surface area contributed by atoms with E-state index in [1.54, 1.807) is 48.5 Å². The third-order valence-electron chi connectivity index (χ3n) is 5.00. The van der Waals surface area contributed by atoms with Crippen LogP contribution in [0.25, 0.3) is 6.08 Å². The highest BCUT2D eigenvalue weighted by molar-refractivity contribution is 6.39. The molecule has 0 aliphatic carbocycles. The maximum absolute atomic E-state index is 13.1. The van der Waals surface area contributed by atoms with E-state index in [-0.39, 0.29) is 12.2 Å². The number of rotatable bonds is 8. The lowest BCUT2D eigenvalue weighted by molar-refractivity contribution is -0.122. The maximum Gasteiger partial charge on any atom is 0.335 e. The zero-order valence-electron chi connectivity index (χ0n) is 18.4. The van der Waals surface area contributed by atoms with Crippen LogP contribution in [0.5, 0.6) is 17.2 Å². The van der Waals surface area contributed by atoms with Gasteiger partial charge in [-0.05, 0) is 48.5 Å². The summed E-state index contributed by atoms with van der Waals surface area (Å²) in [5.41, 5.74) is 0.640. The number of methoxy groups -OCH3 is 1. The molecule has 8 nitrogen and oxygen atoms in total. The van der Waals surface area contributed by atoms with Gasteiger partial charge >= 0.3 is 6.03 Å². The first kappa shape index (κ1) is 22.6. The van der Waals surface area contributed by atoms with Crippen molar-refractivity contribution < 1.29 is 28.6 Å². The third kappa shape index (κ3) is 5.07. The first-order valence-electron chi connectivity index (χ1n) is 10.5. The minimum absolute atomic E-state index is 0.188. The highest BCUT2D eigenvalue weighted by Gasteiger charge is 2.37. The Morgan fingerprint density at radius 3 is 2.21 bits per heavy atom. The molecule has 0 saturated carbocycles. The Balaban J connectivity index is 1.52. The molecule has 1 aliphatic rings. The van der Waals surface area contributed by atoms with Crippen molar-refractivity contribution in [2.24, 2.45) is 0 Å². The summed E-state index contributed by atoms with van der Waals surface area (Å²) in [7, 11) is 1.51. The molecule has 0 unspecified atom stereocenters. The number of carbonyl (C=O) groups is 3. The van der Waals surface area contributed by atoms with Gasteiger partial charge in [0, 0.05) is 5.56 Å². The van der Waals surface area contributed by atoms with Crippen LogP contribution in [0.15, 0.2) is 84.4 Å². The number of carbonyl (C=O) groups excluding carboxylic acids is 3. The van der Waals surface area contributed by atoms with Crippen molar-refractivity contribution in [3.63, 3.8) is 0 Å². The summed E-state index contributed by atoms with van der Waals surface area (Å²) in [4.78, 5) is 38.9. The SMILES string of the molecule is COc1ccc(N2C(=O)NC(=O)C(=Cc3ccccc3OCCOc3ccccc3)C2=O)cc1. The zero-order chi connectivity index (χ0) is 23.9. The number of barbiturate groups is 1. The number of anilines is 1. The molecule has 1 aliphatic heterocycles. The van der Waals surface area contributed by atoms with Crippen LogP contribution < -0.4 is 24.4 Å². The molecule has 0 spiro atoms. The predicted octanol–water partition coefficient (Wildman–Crippen LogP) is 3.82. The van der Waals surface area contributed by atoms with E-state index in [2.05, 4.69) is 5.32 Å². The summed E-state index contributed by atoms with van der Waals surface area (Å²) < 4.78 is 16.6. The van der Waals surface area contributed by atoms with Crippen LogP contribution in [-0.4, -0.2) is 38.2 Å². The van der Waals surface area contributed by atoms with Gasteiger partial charge in [-0.3, -0.25) is 14.9 Å². The van der Waals surface area contributed by atoms with Gasteiger partial charge in [0.05, 0.1) is 12.8 Å². The van der Waals surface area contributed by atoms with Crippen molar-refractivity contribution in [2.75, 3.05) is 25.2 Å². The molecule has 1 fully saturated rings. The van der Waals surface area contributed by atoms with E-state index in [0.29, 0.717) is 29.4 Å². The van der Waals surface area contributed by atoms with Crippen molar-refractivity contribution in [1.29, 1.82) is 0 Å². The van der Waals surface area contributed by atoms with Gasteiger partial charge in [0.2, 0.25) is 0 Å². The summed E-state index contributed by atoms with van der Waals surface area (Å²) in [6.07, 6.45) is 1.41. The molecule has 8 heteroatoms. The number of ether oxygens (including phenoxy) is 3. The van der Waals surface area contributed by atoms with Crippen molar-refractivity contribution in [3.8, 4) is 17.2 Å². The highest BCUT2D eigenvalue weighted by atomic mass is 16.5. The van der Waals surface area contributed by atoms with Gasteiger partial charge in [-0.25, -0.2) is 9.69 Å². The minimum Gasteiger partial charge on any atom is -0.497 e. The zero-order valence-corrected chi connectivity index (χ0v) is 18.4. The molecule has 4 rings (SSSR count). The van der Waals surface area contributed by atoms with Crippen LogP contribution in [0.2, 0.25) is 0 Å². The van der Waals surface area contributed by atoms with Gasteiger partial charge in [0.15, 0.2) is 0 Å². The van der Waals surface area contributed by atoms with Gasteiger partial charge in [0.1, 0.15) is 36.0 Å². The first-order valence-corrected chi connectivity index (χ1v) is 10.5. The fourth-order valence-electron chi connectivity index (χ4n) is 3.34. The highest BCUT2D eigenvalue weighted by Crippen LogP contribution is 2.26. The Kier molecular flexibility index (Phi) is 6.88. The van der Waals surface area contributed by atoms with Crippen LogP contribution in [0, 0.1) is 0 Å². The normalized spacial score (nSPS) is 14.7. The summed E-state index contributed by atoms with van der Waals surface area (Å²) in [6.45, 7) is 0.569. The summed E-state index contributed by atoms with van der Waals surface area (Å²) in [5.74, 6) is 0.264. The van der Waals surface area contributed by atoms with Gasteiger partial charge in [0.25, 0.3) is 11.8 Å². The molecule has 0 aromatic heterocycles. The predicted molar refractivity (Wildman–Crippen MR) is 126 cm³/mol. The molecule has 0 radical (unpaired) electrons. The van der Waals surface area contributed by atoms with Gasteiger partial charge in [-0.15, -0.1) is 0 Å². The van der Waals surface area contributed by atoms with Gasteiger partial charge < -0.3 is 14.2 Å². The fraction of sp³-hybridized carbons (Fsp3) is 0.115. The van der Waals surface area contributed by atoms with Crippen LogP contribution in [0.4, 0.5) is 10.5 Å².